The molecule has 0 spiro atoms. The fourth-order valence-electron chi connectivity index (χ4n) is 2.96. The molecule has 0 fully saturated rings. The van der Waals surface area contributed by atoms with Crippen LogP contribution in [0.5, 0.6) is 11.5 Å². The van der Waals surface area contributed by atoms with E-state index in [2.05, 4.69) is 5.32 Å². The summed E-state index contributed by atoms with van der Waals surface area (Å²) in [6, 6.07) is 13.2. The van der Waals surface area contributed by atoms with Gasteiger partial charge in [-0.25, -0.2) is 0 Å². The third-order valence-electron chi connectivity index (χ3n) is 4.38. The molecule has 1 N–H and O–H groups in total. The summed E-state index contributed by atoms with van der Waals surface area (Å²) in [6.45, 7) is 0.370. The van der Waals surface area contributed by atoms with Gasteiger partial charge in [0, 0.05) is 30.5 Å². The number of amides is 2. The summed E-state index contributed by atoms with van der Waals surface area (Å²) < 4.78 is 10.7. The minimum Gasteiger partial charge on any atom is -0.493 e. The predicted octanol–water partition coefficient (Wildman–Crippen LogP) is 3.17. The first-order chi connectivity index (χ1) is 13.0. The second-order valence-corrected chi connectivity index (χ2v) is 7.44. The maximum atomic E-state index is 12.7. The molecule has 1 aliphatic rings. The molecule has 27 heavy (non-hydrogen) atoms. The second kappa shape index (κ2) is 8.35. The van der Waals surface area contributed by atoms with Crippen molar-refractivity contribution in [3.05, 3.63) is 48.0 Å². The van der Waals surface area contributed by atoms with Crippen LogP contribution in [0.15, 0.2) is 47.4 Å². The highest BCUT2D eigenvalue weighted by Crippen LogP contribution is 2.37. The number of rotatable bonds is 6. The Kier molecular flexibility index (Phi) is 5.91. The van der Waals surface area contributed by atoms with Crippen molar-refractivity contribution >= 4 is 29.3 Å². The van der Waals surface area contributed by atoms with Crippen LogP contribution < -0.4 is 14.8 Å². The molecule has 2 aromatic rings. The van der Waals surface area contributed by atoms with E-state index in [1.807, 2.05) is 42.5 Å². The first kappa shape index (κ1) is 19.1. The Hall–Kier alpha value is -2.67. The molecule has 0 unspecified atom stereocenters. The molecule has 1 aliphatic heterocycles. The van der Waals surface area contributed by atoms with Crippen LogP contribution in [0.3, 0.4) is 0 Å². The zero-order valence-electron chi connectivity index (χ0n) is 15.5. The monoisotopic (exact) mass is 386 g/mol. The quantitative estimate of drug-likeness (QED) is 0.826. The normalized spacial score (nSPS) is 15.5. The molecule has 0 saturated heterocycles. The highest BCUT2D eigenvalue weighted by Gasteiger charge is 2.30. The maximum absolute atomic E-state index is 12.7. The van der Waals surface area contributed by atoms with Gasteiger partial charge in [-0.1, -0.05) is 24.3 Å². The number of carbonyl (C=O) groups excluding carboxylic acids is 2. The van der Waals surface area contributed by atoms with E-state index in [0.29, 0.717) is 18.0 Å². The second-order valence-electron chi connectivity index (χ2n) is 6.20. The van der Waals surface area contributed by atoms with Crippen LogP contribution in [0.25, 0.3) is 0 Å². The summed E-state index contributed by atoms with van der Waals surface area (Å²) in [6.07, 6.45) is 0.133. The molecule has 142 valence electrons. The van der Waals surface area contributed by atoms with Crippen molar-refractivity contribution < 1.29 is 19.1 Å². The lowest BCUT2D eigenvalue weighted by molar-refractivity contribution is -0.131. The first-order valence-electron chi connectivity index (χ1n) is 8.54. The summed E-state index contributed by atoms with van der Waals surface area (Å²) in [5.74, 6) is 0.986. The number of fused-ring (bicyclic) bond motifs is 1. The van der Waals surface area contributed by atoms with Gasteiger partial charge in [-0.2, -0.15) is 0 Å². The zero-order valence-corrected chi connectivity index (χ0v) is 16.3. The largest absolute Gasteiger partial charge is 0.493 e. The third-order valence-corrected chi connectivity index (χ3v) is 5.66. The number of hydrogen-bond acceptors (Lipinski definition) is 5. The van der Waals surface area contributed by atoms with Crippen LogP contribution in [-0.2, 0) is 16.1 Å². The molecular formula is C20H22N2O4S. The summed E-state index contributed by atoms with van der Waals surface area (Å²) >= 11 is 1.43. The molecule has 6 nitrogen and oxygen atoms in total. The Balaban J connectivity index is 1.68. The Morgan fingerprint density at radius 2 is 1.93 bits per heavy atom. The SMILES string of the molecule is COc1cccc(CN(C)C(=O)C[C@H]2Sc3ccccc3NC2=O)c1OC. The van der Waals surface area contributed by atoms with Crippen LogP contribution in [0.4, 0.5) is 5.69 Å². The van der Waals surface area contributed by atoms with Crippen LogP contribution in [0.1, 0.15) is 12.0 Å². The van der Waals surface area contributed by atoms with Gasteiger partial charge in [-0.3, -0.25) is 9.59 Å². The van der Waals surface area contributed by atoms with Crippen molar-refractivity contribution in [1.82, 2.24) is 4.90 Å². The molecule has 0 aliphatic carbocycles. The topological polar surface area (TPSA) is 67.9 Å². The molecule has 0 saturated carbocycles. The number of benzene rings is 2. The number of anilines is 1. The number of nitrogens with zero attached hydrogens (tertiary/aromatic N) is 1. The number of ether oxygens (including phenoxy) is 2. The Morgan fingerprint density at radius 3 is 2.67 bits per heavy atom. The zero-order chi connectivity index (χ0) is 19.4. The molecule has 1 atom stereocenters. The van der Waals surface area contributed by atoms with Gasteiger partial charge in [0.15, 0.2) is 11.5 Å². The Morgan fingerprint density at radius 1 is 1.15 bits per heavy atom. The van der Waals surface area contributed by atoms with Gasteiger partial charge in [0.05, 0.1) is 25.2 Å². The number of nitrogens with one attached hydrogen (secondary N) is 1. The fraction of sp³-hybridized carbons (Fsp3) is 0.300. The van der Waals surface area contributed by atoms with E-state index in [9.17, 15) is 9.59 Å². The van der Waals surface area contributed by atoms with Gasteiger partial charge in [-0.15, -0.1) is 11.8 Å². The molecule has 2 amide bonds. The molecule has 3 rings (SSSR count). The lowest BCUT2D eigenvalue weighted by Crippen LogP contribution is -2.35. The molecule has 1 heterocycles. The smallest absolute Gasteiger partial charge is 0.238 e. The molecule has 7 heteroatoms. The highest BCUT2D eigenvalue weighted by atomic mass is 32.2. The van der Waals surface area contributed by atoms with Crippen molar-refractivity contribution in [2.24, 2.45) is 0 Å². The van der Waals surface area contributed by atoms with Gasteiger partial charge in [-0.05, 0) is 18.2 Å². The number of thioether (sulfide) groups is 1. The first-order valence-corrected chi connectivity index (χ1v) is 9.41. The number of para-hydroxylation sites is 2. The van der Waals surface area contributed by atoms with E-state index < -0.39 is 5.25 Å². The van der Waals surface area contributed by atoms with E-state index in [4.69, 9.17) is 9.47 Å². The van der Waals surface area contributed by atoms with Crippen molar-refractivity contribution in [2.45, 2.75) is 23.1 Å². The van der Waals surface area contributed by atoms with Crippen LogP contribution in [0, 0.1) is 0 Å². The van der Waals surface area contributed by atoms with Crippen molar-refractivity contribution in [3.63, 3.8) is 0 Å². The lowest BCUT2D eigenvalue weighted by Gasteiger charge is -2.26. The number of hydrogen-bond donors (Lipinski definition) is 1. The van der Waals surface area contributed by atoms with E-state index in [1.165, 1.54) is 11.8 Å². The van der Waals surface area contributed by atoms with Crippen molar-refractivity contribution in [3.8, 4) is 11.5 Å². The minimum atomic E-state index is -0.443. The summed E-state index contributed by atoms with van der Waals surface area (Å²) in [5.41, 5.74) is 1.64. The average molecular weight is 386 g/mol. The molecule has 2 aromatic carbocycles. The van der Waals surface area contributed by atoms with Gasteiger partial charge in [0.25, 0.3) is 0 Å². The van der Waals surface area contributed by atoms with E-state index in [1.54, 1.807) is 26.2 Å². The van der Waals surface area contributed by atoms with E-state index in [-0.39, 0.29) is 18.2 Å². The Labute approximate surface area is 162 Å². The molecule has 0 bridgehead atoms. The predicted molar refractivity (Wildman–Crippen MR) is 105 cm³/mol. The van der Waals surface area contributed by atoms with Crippen LogP contribution in [-0.4, -0.2) is 43.2 Å². The van der Waals surface area contributed by atoms with E-state index in [0.717, 1.165) is 16.1 Å². The summed E-state index contributed by atoms with van der Waals surface area (Å²) in [5, 5.41) is 2.43. The van der Waals surface area contributed by atoms with Gasteiger partial charge in [0.2, 0.25) is 11.8 Å². The maximum Gasteiger partial charge on any atom is 0.238 e. The van der Waals surface area contributed by atoms with Gasteiger partial charge < -0.3 is 19.7 Å². The lowest BCUT2D eigenvalue weighted by atomic mass is 10.1. The van der Waals surface area contributed by atoms with Crippen molar-refractivity contribution in [2.75, 3.05) is 26.6 Å². The fourth-order valence-corrected chi connectivity index (χ4v) is 4.06. The third kappa shape index (κ3) is 4.19. The van der Waals surface area contributed by atoms with Crippen LogP contribution >= 0.6 is 11.8 Å². The average Bonchev–Trinajstić information content (AvgIpc) is 2.68. The van der Waals surface area contributed by atoms with E-state index >= 15 is 0 Å². The highest BCUT2D eigenvalue weighted by molar-refractivity contribution is 8.01. The molecule has 0 radical (unpaired) electrons. The molecular weight excluding hydrogens is 364 g/mol. The number of carbonyl (C=O) groups is 2. The van der Waals surface area contributed by atoms with Crippen LogP contribution in [0.2, 0.25) is 0 Å². The Bertz CT molecular complexity index is 856. The summed E-state index contributed by atoms with van der Waals surface area (Å²) in [7, 11) is 4.87. The number of methoxy groups -OCH3 is 2. The van der Waals surface area contributed by atoms with Gasteiger partial charge >= 0.3 is 0 Å². The standard InChI is InChI=1S/C20H22N2O4S/c1-22(12-13-7-6-9-15(25-2)19(13)26-3)18(23)11-17-20(24)21-14-8-4-5-10-16(14)27-17/h4-10,17H,11-12H2,1-3H3,(H,21,24)/t17-/m1/s1. The minimum absolute atomic E-state index is 0.105. The van der Waals surface area contributed by atoms with Crippen molar-refractivity contribution in [1.29, 1.82) is 0 Å². The molecule has 0 aromatic heterocycles. The van der Waals surface area contributed by atoms with Gasteiger partial charge in [0.1, 0.15) is 0 Å². The summed E-state index contributed by atoms with van der Waals surface area (Å²) in [4.78, 5) is 27.6.